The highest BCUT2D eigenvalue weighted by Gasteiger charge is 2.24. The van der Waals surface area contributed by atoms with Crippen molar-refractivity contribution in [3.63, 3.8) is 0 Å². The van der Waals surface area contributed by atoms with Crippen LogP contribution >= 0.6 is 11.6 Å². The van der Waals surface area contributed by atoms with E-state index in [0.29, 0.717) is 11.6 Å². The van der Waals surface area contributed by atoms with Crippen molar-refractivity contribution in [2.45, 2.75) is 31.8 Å². The molecule has 1 aliphatic carbocycles. The van der Waals surface area contributed by atoms with Gasteiger partial charge in [-0.25, -0.2) is 33.3 Å². The van der Waals surface area contributed by atoms with E-state index in [-0.39, 0.29) is 29.3 Å². The second kappa shape index (κ2) is 8.55. The van der Waals surface area contributed by atoms with Gasteiger partial charge in [0.2, 0.25) is 0 Å². The van der Waals surface area contributed by atoms with Crippen molar-refractivity contribution in [3.05, 3.63) is 82.1 Å². The lowest BCUT2D eigenvalue weighted by Gasteiger charge is -2.14. The van der Waals surface area contributed by atoms with Crippen LogP contribution in [0.5, 0.6) is 0 Å². The monoisotopic (exact) mass is 504 g/mol. The molecule has 34 heavy (non-hydrogen) atoms. The molecule has 0 aliphatic heterocycles. The summed E-state index contributed by atoms with van der Waals surface area (Å²) in [7, 11) is -4.11. The summed E-state index contributed by atoms with van der Waals surface area (Å²) in [4.78, 5) is 8.56. The number of hydrogen-bond donors (Lipinski definition) is 3. The Morgan fingerprint density at radius 3 is 2.85 bits per heavy atom. The predicted molar refractivity (Wildman–Crippen MR) is 125 cm³/mol. The standard InChI is InChI=1S/C21H22ClFN8O2S/c22-16-5-6-29-12-26-17(21(29)20(16)23)7-27-34(32,33)18(24)11-31(25)10-15-9-30-8-14(13-1-2-13)3-4-19(30)28-15/h3-6,8-9,11-13,27H,1-2,7,10,24-25H2/b18-11+. The molecule has 5 N–H and O–H groups in total. The Balaban J connectivity index is 1.27. The average Bonchev–Trinajstić information content (AvgIpc) is 3.44. The summed E-state index contributed by atoms with van der Waals surface area (Å²) in [5.41, 5.74) is 8.74. The van der Waals surface area contributed by atoms with Crippen LogP contribution in [0.15, 0.2) is 54.3 Å². The Labute approximate surface area is 199 Å². The molecule has 0 bridgehead atoms. The van der Waals surface area contributed by atoms with Gasteiger partial charge in [-0.15, -0.1) is 0 Å². The van der Waals surface area contributed by atoms with E-state index in [1.165, 1.54) is 41.4 Å². The molecule has 1 saturated carbocycles. The summed E-state index contributed by atoms with van der Waals surface area (Å²) < 4.78 is 45.2. The number of rotatable bonds is 8. The molecule has 10 nitrogen and oxygen atoms in total. The van der Waals surface area contributed by atoms with Gasteiger partial charge in [-0.05, 0) is 36.5 Å². The van der Waals surface area contributed by atoms with Crippen LogP contribution in [0.3, 0.4) is 0 Å². The van der Waals surface area contributed by atoms with Gasteiger partial charge in [-0.2, -0.15) is 0 Å². The lowest BCUT2D eigenvalue weighted by atomic mass is 10.2. The van der Waals surface area contributed by atoms with Gasteiger partial charge in [0.1, 0.15) is 11.2 Å². The van der Waals surface area contributed by atoms with Gasteiger partial charge < -0.3 is 19.5 Å². The zero-order chi connectivity index (χ0) is 24.0. The maximum atomic E-state index is 14.4. The number of halogens is 2. The first-order valence-corrected chi connectivity index (χ1v) is 12.3. The zero-order valence-electron chi connectivity index (χ0n) is 17.9. The first-order chi connectivity index (χ1) is 16.2. The molecule has 1 fully saturated rings. The van der Waals surface area contributed by atoms with Gasteiger partial charge in [0.05, 0.1) is 42.0 Å². The van der Waals surface area contributed by atoms with Gasteiger partial charge in [0, 0.05) is 18.6 Å². The van der Waals surface area contributed by atoms with E-state index >= 15 is 0 Å². The first-order valence-electron chi connectivity index (χ1n) is 10.5. The minimum atomic E-state index is -4.11. The van der Waals surface area contributed by atoms with E-state index in [1.807, 2.05) is 16.7 Å². The molecular weight excluding hydrogens is 483 g/mol. The van der Waals surface area contributed by atoms with Crippen molar-refractivity contribution in [1.29, 1.82) is 0 Å². The van der Waals surface area contributed by atoms with Crippen LogP contribution in [0.1, 0.15) is 35.7 Å². The third-order valence-corrected chi connectivity index (χ3v) is 7.16. The van der Waals surface area contributed by atoms with Crippen LogP contribution in [0.4, 0.5) is 4.39 Å². The van der Waals surface area contributed by atoms with Crippen molar-refractivity contribution >= 4 is 32.8 Å². The molecular formula is C21H22ClFN8O2S. The van der Waals surface area contributed by atoms with E-state index in [2.05, 4.69) is 27.0 Å². The molecule has 5 rings (SSSR count). The number of nitrogens with zero attached hydrogens (tertiary/aromatic N) is 5. The van der Waals surface area contributed by atoms with Gasteiger partial charge in [0.25, 0.3) is 10.0 Å². The maximum absolute atomic E-state index is 14.4. The summed E-state index contributed by atoms with van der Waals surface area (Å²) in [6.07, 6.45) is 10.3. The smallest absolute Gasteiger partial charge is 0.257 e. The SMILES string of the molecule is N/C(=C\N(N)Cc1cn2cc(C3CC3)ccc2n1)S(=O)(=O)NCc1ncn2ccc(Cl)c(F)c12. The number of pyridine rings is 2. The number of nitrogens with two attached hydrogens (primary N) is 2. The maximum Gasteiger partial charge on any atom is 0.257 e. The van der Waals surface area contributed by atoms with Crippen molar-refractivity contribution in [3.8, 4) is 0 Å². The van der Waals surface area contributed by atoms with Gasteiger partial charge >= 0.3 is 0 Å². The van der Waals surface area contributed by atoms with Crippen LogP contribution in [0, 0.1) is 5.82 Å². The summed E-state index contributed by atoms with van der Waals surface area (Å²) in [5.74, 6) is 5.90. The molecule has 0 spiro atoms. The Morgan fingerprint density at radius 2 is 2.09 bits per heavy atom. The lowest BCUT2D eigenvalue weighted by Crippen LogP contribution is -2.32. The van der Waals surface area contributed by atoms with Gasteiger partial charge in [0.15, 0.2) is 10.8 Å². The van der Waals surface area contributed by atoms with Crippen molar-refractivity contribution in [2.24, 2.45) is 11.6 Å². The van der Waals surface area contributed by atoms with E-state index in [0.717, 1.165) is 16.9 Å². The highest BCUT2D eigenvalue weighted by molar-refractivity contribution is 7.93. The fraction of sp³-hybridized carbons (Fsp3) is 0.238. The van der Waals surface area contributed by atoms with Crippen molar-refractivity contribution in [1.82, 2.24) is 28.5 Å². The van der Waals surface area contributed by atoms with E-state index in [4.69, 9.17) is 23.2 Å². The summed E-state index contributed by atoms with van der Waals surface area (Å²) in [6, 6.07) is 5.40. The molecule has 0 aromatic carbocycles. The minimum Gasteiger partial charge on any atom is -0.387 e. The van der Waals surface area contributed by atoms with Gasteiger partial charge in [-0.3, -0.25) is 0 Å². The molecule has 0 unspecified atom stereocenters. The van der Waals surface area contributed by atoms with Crippen LogP contribution in [-0.4, -0.2) is 32.2 Å². The molecule has 0 amide bonds. The van der Waals surface area contributed by atoms with E-state index in [1.54, 1.807) is 0 Å². The van der Waals surface area contributed by atoms with E-state index in [9.17, 15) is 12.8 Å². The number of aromatic nitrogens is 4. The number of imidazole rings is 2. The third-order valence-electron chi connectivity index (χ3n) is 5.62. The molecule has 4 aromatic rings. The largest absolute Gasteiger partial charge is 0.387 e. The summed E-state index contributed by atoms with van der Waals surface area (Å²) >= 11 is 5.82. The van der Waals surface area contributed by atoms with Crippen LogP contribution in [0.2, 0.25) is 5.02 Å². The quantitative estimate of drug-likeness (QED) is 0.247. The number of hydrogen-bond acceptors (Lipinski definition) is 7. The second-order valence-corrected chi connectivity index (χ2v) is 10.4. The highest BCUT2D eigenvalue weighted by atomic mass is 35.5. The lowest BCUT2D eigenvalue weighted by molar-refractivity contribution is 0.380. The fourth-order valence-corrected chi connectivity index (χ4v) is 4.64. The molecule has 0 radical (unpaired) electrons. The molecule has 0 atom stereocenters. The Hall–Kier alpha value is -3.19. The molecule has 4 aromatic heterocycles. The first kappa shape index (κ1) is 22.6. The van der Waals surface area contributed by atoms with Crippen LogP contribution < -0.4 is 16.3 Å². The molecule has 1 aliphatic rings. The van der Waals surface area contributed by atoms with Gasteiger partial charge in [-0.1, -0.05) is 17.7 Å². The fourth-order valence-electron chi connectivity index (χ4n) is 3.72. The van der Waals surface area contributed by atoms with Crippen molar-refractivity contribution < 1.29 is 12.8 Å². The number of fused-ring (bicyclic) bond motifs is 2. The molecule has 0 saturated heterocycles. The Kier molecular flexibility index (Phi) is 5.68. The van der Waals surface area contributed by atoms with E-state index < -0.39 is 20.9 Å². The number of sulfonamides is 1. The number of nitrogens with one attached hydrogen (secondary N) is 1. The normalized spacial score (nSPS) is 14.9. The average molecular weight is 505 g/mol. The van der Waals surface area contributed by atoms with Crippen LogP contribution in [0.25, 0.3) is 11.2 Å². The summed E-state index contributed by atoms with van der Waals surface area (Å²) in [5, 5.41) is 0.548. The highest BCUT2D eigenvalue weighted by Crippen LogP contribution is 2.39. The third kappa shape index (κ3) is 4.44. The molecule has 4 heterocycles. The molecule has 13 heteroatoms. The number of hydrazine groups is 1. The minimum absolute atomic E-state index is 0.0786. The second-order valence-electron chi connectivity index (χ2n) is 8.19. The van der Waals surface area contributed by atoms with Crippen LogP contribution in [-0.2, 0) is 23.1 Å². The molecule has 178 valence electrons. The topological polar surface area (TPSA) is 136 Å². The Bertz CT molecular complexity index is 1530. The van der Waals surface area contributed by atoms with Crippen molar-refractivity contribution in [2.75, 3.05) is 0 Å². The summed E-state index contributed by atoms with van der Waals surface area (Å²) in [6.45, 7) is -0.142. The predicted octanol–water partition coefficient (Wildman–Crippen LogP) is 2.20. The zero-order valence-corrected chi connectivity index (χ0v) is 19.5. The Morgan fingerprint density at radius 1 is 1.29 bits per heavy atom.